The summed E-state index contributed by atoms with van der Waals surface area (Å²) in [5.41, 5.74) is 6.71. The van der Waals surface area contributed by atoms with E-state index in [0.29, 0.717) is 24.7 Å². The first-order valence-corrected chi connectivity index (χ1v) is 7.04. The Kier molecular flexibility index (Phi) is 4.43. The molecule has 2 aromatic rings. The van der Waals surface area contributed by atoms with Crippen molar-refractivity contribution in [3.05, 3.63) is 27.8 Å². The van der Waals surface area contributed by atoms with E-state index >= 15 is 0 Å². The van der Waals surface area contributed by atoms with Gasteiger partial charge in [0.15, 0.2) is 5.82 Å². The van der Waals surface area contributed by atoms with Crippen LogP contribution in [0.25, 0.3) is 0 Å². The van der Waals surface area contributed by atoms with Gasteiger partial charge in [0.05, 0.1) is 23.0 Å². The van der Waals surface area contributed by atoms with Crippen LogP contribution in [-0.2, 0) is 6.42 Å². The summed E-state index contributed by atoms with van der Waals surface area (Å²) in [4.78, 5) is 8.80. The number of aryl methyl sites for hydroxylation is 1. The lowest BCUT2D eigenvalue weighted by molar-refractivity contribution is 0.344. The van der Waals surface area contributed by atoms with Crippen LogP contribution < -0.4 is 5.73 Å². The maximum absolute atomic E-state index is 5.72. The molecule has 0 radical (unpaired) electrons. The highest BCUT2D eigenvalue weighted by molar-refractivity contribution is 7.09. The molecule has 2 rings (SSSR count). The molecular formula is C12H18N4OS. The van der Waals surface area contributed by atoms with E-state index in [9.17, 15) is 0 Å². The van der Waals surface area contributed by atoms with Crippen LogP contribution in [0.3, 0.4) is 0 Å². The number of aromatic nitrogens is 3. The molecule has 0 aromatic carbocycles. The lowest BCUT2D eigenvalue weighted by Gasteiger charge is -2.06. The van der Waals surface area contributed by atoms with Crippen LogP contribution in [-0.4, -0.2) is 21.7 Å². The molecule has 0 aliphatic carbocycles. The fourth-order valence-electron chi connectivity index (χ4n) is 1.85. The molecule has 1 atom stereocenters. The van der Waals surface area contributed by atoms with Gasteiger partial charge >= 0.3 is 0 Å². The van der Waals surface area contributed by atoms with E-state index in [4.69, 9.17) is 10.3 Å². The molecule has 2 N–H and O–H groups in total. The van der Waals surface area contributed by atoms with Crippen LogP contribution in [0.2, 0.25) is 0 Å². The fourth-order valence-corrected chi connectivity index (χ4v) is 2.46. The van der Waals surface area contributed by atoms with Crippen LogP contribution in [0, 0.1) is 6.92 Å². The summed E-state index contributed by atoms with van der Waals surface area (Å²) in [6, 6.07) is 0. The second-order valence-corrected chi connectivity index (χ2v) is 5.37. The molecule has 0 spiro atoms. The summed E-state index contributed by atoms with van der Waals surface area (Å²) in [6.45, 7) is 4.66. The molecule has 18 heavy (non-hydrogen) atoms. The molecule has 0 aliphatic rings. The molecule has 0 amide bonds. The van der Waals surface area contributed by atoms with Gasteiger partial charge in [-0.15, -0.1) is 11.3 Å². The van der Waals surface area contributed by atoms with Gasteiger partial charge in [0.1, 0.15) is 0 Å². The largest absolute Gasteiger partial charge is 0.339 e. The molecule has 0 bridgehead atoms. The molecule has 98 valence electrons. The monoisotopic (exact) mass is 266 g/mol. The highest BCUT2D eigenvalue weighted by Gasteiger charge is 2.17. The molecule has 2 aromatic heterocycles. The summed E-state index contributed by atoms with van der Waals surface area (Å²) in [7, 11) is 0. The molecule has 1 unspecified atom stereocenters. The van der Waals surface area contributed by atoms with Crippen LogP contribution in [0.4, 0.5) is 0 Å². The first kappa shape index (κ1) is 13.2. The van der Waals surface area contributed by atoms with Gasteiger partial charge in [-0.05, 0) is 13.3 Å². The maximum Gasteiger partial charge on any atom is 0.231 e. The third-order valence-electron chi connectivity index (χ3n) is 2.76. The second-order valence-electron chi connectivity index (χ2n) is 4.30. The number of nitrogens with two attached hydrogens (primary N) is 1. The van der Waals surface area contributed by atoms with E-state index in [1.807, 2.05) is 12.3 Å². The molecule has 6 heteroatoms. The molecule has 0 saturated heterocycles. The molecule has 0 fully saturated rings. The van der Waals surface area contributed by atoms with Crippen molar-refractivity contribution < 1.29 is 4.52 Å². The smallest absolute Gasteiger partial charge is 0.231 e. The number of nitrogens with zero attached hydrogens (tertiary/aromatic N) is 3. The first-order valence-electron chi connectivity index (χ1n) is 6.16. The van der Waals surface area contributed by atoms with Gasteiger partial charge in [-0.3, -0.25) is 0 Å². The van der Waals surface area contributed by atoms with Crippen LogP contribution in [0.1, 0.15) is 48.1 Å². The Balaban J connectivity index is 2.05. The normalized spacial score (nSPS) is 12.8. The number of hydrogen-bond acceptors (Lipinski definition) is 6. The van der Waals surface area contributed by atoms with Crippen LogP contribution in [0.15, 0.2) is 9.90 Å². The predicted molar refractivity (Wildman–Crippen MR) is 70.7 cm³/mol. The topological polar surface area (TPSA) is 77.8 Å². The third kappa shape index (κ3) is 3.14. The Morgan fingerprint density at radius 2 is 2.28 bits per heavy atom. The van der Waals surface area contributed by atoms with E-state index in [1.165, 1.54) is 0 Å². The second kappa shape index (κ2) is 6.06. The molecule has 0 aliphatic heterocycles. The Hall–Kier alpha value is -1.27. The quantitative estimate of drug-likeness (QED) is 0.867. The first-order chi connectivity index (χ1) is 8.72. The van der Waals surface area contributed by atoms with Gasteiger partial charge in [0.2, 0.25) is 5.89 Å². The zero-order chi connectivity index (χ0) is 13.0. The minimum absolute atomic E-state index is 0.174. The highest BCUT2D eigenvalue weighted by atomic mass is 32.1. The Labute approximate surface area is 110 Å². The van der Waals surface area contributed by atoms with Crippen molar-refractivity contribution in [1.82, 2.24) is 15.1 Å². The van der Waals surface area contributed by atoms with Gasteiger partial charge in [-0.1, -0.05) is 18.5 Å². The number of thiazole rings is 1. The number of rotatable bonds is 6. The van der Waals surface area contributed by atoms with E-state index < -0.39 is 0 Å². The lowest BCUT2D eigenvalue weighted by atomic mass is 10.0. The summed E-state index contributed by atoms with van der Waals surface area (Å²) in [5, 5.41) is 7.08. The van der Waals surface area contributed by atoms with Crippen LogP contribution in [0.5, 0.6) is 0 Å². The molecule has 5 nitrogen and oxygen atoms in total. The highest BCUT2D eigenvalue weighted by Crippen LogP contribution is 2.19. The summed E-state index contributed by atoms with van der Waals surface area (Å²) in [6.07, 6.45) is 2.66. The maximum atomic E-state index is 5.72. The zero-order valence-electron chi connectivity index (χ0n) is 10.7. The third-order valence-corrected chi connectivity index (χ3v) is 3.58. The average Bonchev–Trinajstić information content (AvgIpc) is 2.96. The lowest BCUT2D eigenvalue weighted by Crippen LogP contribution is -2.12. The minimum atomic E-state index is 0.174. The van der Waals surface area contributed by atoms with Gasteiger partial charge in [0, 0.05) is 11.9 Å². The van der Waals surface area contributed by atoms with E-state index in [2.05, 4.69) is 22.0 Å². The van der Waals surface area contributed by atoms with Crippen molar-refractivity contribution in [2.24, 2.45) is 5.73 Å². The summed E-state index contributed by atoms with van der Waals surface area (Å²) in [5.74, 6) is 1.51. The predicted octanol–water partition coefficient (Wildman–Crippen LogP) is 2.27. The van der Waals surface area contributed by atoms with Crippen molar-refractivity contribution in [2.75, 3.05) is 6.54 Å². The van der Waals surface area contributed by atoms with Gasteiger partial charge in [0.25, 0.3) is 0 Å². The summed E-state index contributed by atoms with van der Waals surface area (Å²) >= 11 is 1.63. The molecular weight excluding hydrogens is 248 g/mol. The molecule has 2 heterocycles. The van der Waals surface area contributed by atoms with Gasteiger partial charge in [-0.2, -0.15) is 4.98 Å². The Bertz CT molecular complexity index is 494. The number of hydrogen-bond donors (Lipinski definition) is 1. The van der Waals surface area contributed by atoms with Crippen molar-refractivity contribution >= 4 is 11.3 Å². The minimum Gasteiger partial charge on any atom is -0.339 e. The summed E-state index contributed by atoms with van der Waals surface area (Å²) < 4.78 is 5.28. The average molecular weight is 266 g/mol. The fraction of sp³-hybridized carbons (Fsp3) is 0.583. The van der Waals surface area contributed by atoms with E-state index in [0.717, 1.165) is 23.5 Å². The van der Waals surface area contributed by atoms with Crippen molar-refractivity contribution in [3.63, 3.8) is 0 Å². The van der Waals surface area contributed by atoms with Crippen molar-refractivity contribution in [3.8, 4) is 0 Å². The van der Waals surface area contributed by atoms with Gasteiger partial charge < -0.3 is 10.3 Å². The molecule has 0 saturated carbocycles. The van der Waals surface area contributed by atoms with Crippen molar-refractivity contribution in [2.45, 2.75) is 39.0 Å². The van der Waals surface area contributed by atoms with Gasteiger partial charge in [-0.25, -0.2) is 4.98 Å². The SMILES string of the molecule is CCCC(CN)c1nc(Cc2csc(C)n2)no1. The van der Waals surface area contributed by atoms with Crippen LogP contribution >= 0.6 is 11.3 Å². The van der Waals surface area contributed by atoms with Crippen molar-refractivity contribution in [1.29, 1.82) is 0 Å². The van der Waals surface area contributed by atoms with E-state index in [1.54, 1.807) is 11.3 Å². The Morgan fingerprint density at radius 1 is 1.44 bits per heavy atom. The standard InChI is InChI=1S/C12H18N4OS/c1-3-4-9(6-13)12-15-11(16-17-12)5-10-7-18-8(2)14-10/h7,9H,3-6,13H2,1-2H3. The Morgan fingerprint density at radius 3 is 2.89 bits per heavy atom. The van der Waals surface area contributed by atoms with E-state index in [-0.39, 0.29) is 5.92 Å². The zero-order valence-corrected chi connectivity index (χ0v) is 11.5.